The molecule has 112 valence electrons. The van der Waals surface area contributed by atoms with Crippen molar-refractivity contribution in [2.24, 2.45) is 0 Å². The molecular formula is C17H18ClF2N. The van der Waals surface area contributed by atoms with E-state index in [2.05, 4.69) is 5.32 Å². The van der Waals surface area contributed by atoms with Gasteiger partial charge in [-0.2, -0.15) is 0 Å². The molecule has 2 rings (SSSR count). The molecule has 1 nitrogen and oxygen atoms in total. The first-order valence-corrected chi connectivity index (χ1v) is 7.38. The molecule has 0 fully saturated rings. The van der Waals surface area contributed by atoms with Crippen molar-refractivity contribution >= 4 is 11.6 Å². The topological polar surface area (TPSA) is 12.0 Å². The van der Waals surface area contributed by atoms with Gasteiger partial charge in [-0.05, 0) is 54.8 Å². The van der Waals surface area contributed by atoms with E-state index in [9.17, 15) is 8.78 Å². The summed E-state index contributed by atoms with van der Waals surface area (Å²) in [6.45, 7) is 2.74. The molecule has 1 unspecified atom stereocenters. The highest BCUT2D eigenvalue weighted by Crippen LogP contribution is 2.20. The Hall–Kier alpha value is -1.45. The van der Waals surface area contributed by atoms with Gasteiger partial charge in [0, 0.05) is 11.1 Å². The van der Waals surface area contributed by atoms with E-state index in [0.29, 0.717) is 23.4 Å². The second-order valence-corrected chi connectivity index (χ2v) is 5.40. The van der Waals surface area contributed by atoms with Gasteiger partial charge in [-0.1, -0.05) is 36.7 Å². The third-order valence-electron chi connectivity index (χ3n) is 3.39. The van der Waals surface area contributed by atoms with Gasteiger partial charge in [0.2, 0.25) is 0 Å². The molecule has 0 saturated heterocycles. The maximum atomic E-state index is 13.8. The van der Waals surface area contributed by atoms with E-state index in [4.69, 9.17) is 11.6 Å². The average molecular weight is 310 g/mol. The number of benzene rings is 2. The van der Waals surface area contributed by atoms with Crippen LogP contribution in [0, 0.1) is 11.6 Å². The quantitative estimate of drug-likeness (QED) is 0.835. The summed E-state index contributed by atoms with van der Waals surface area (Å²) < 4.78 is 27.1. The van der Waals surface area contributed by atoms with Crippen LogP contribution in [0.15, 0.2) is 42.5 Å². The van der Waals surface area contributed by atoms with Crippen LogP contribution in [0.3, 0.4) is 0 Å². The van der Waals surface area contributed by atoms with Crippen molar-refractivity contribution in [3.8, 4) is 0 Å². The predicted molar refractivity (Wildman–Crippen MR) is 82.7 cm³/mol. The number of hydrogen-bond acceptors (Lipinski definition) is 1. The summed E-state index contributed by atoms with van der Waals surface area (Å²) in [5.74, 6) is -0.527. The molecule has 0 bridgehead atoms. The molecule has 2 aromatic rings. The minimum atomic E-state index is -0.310. The van der Waals surface area contributed by atoms with Crippen molar-refractivity contribution in [3.05, 3.63) is 70.2 Å². The molecule has 0 aliphatic carbocycles. The molecule has 0 amide bonds. The summed E-state index contributed by atoms with van der Waals surface area (Å²) in [4.78, 5) is 0. The van der Waals surface area contributed by atoms with Gasteiger partial charge in [0.05, 0.1) is 0 Å². The summed E-state index contributed by atoms with van der Waals surface area (Å²) in [5, 5.41) is 3.84. The molecule has 1 atom stereocenters. The van der Waals surface area contributed by atoms with Crippen molar-refractivity contribution in [1.82, 2.24) is 5.32 Å². The highest BCUT2D eigenvalue weighted by Gasteiger charge is 2.14. The molecule has 0 saturated carbocycles. The van der Waals surface area contributed by atoms with Crippen LogP contribution in [0.25, 0.3) is 0 Å². The predicted octanol–water partition coefficient (Wildman–Crippen LogP) is 4.38. The first-order chi connectivity index (χ1) is 10.1. The largest absolute Gasteiger partial charge is 0.314 e. The van der Waals surface area contributed by atoms with Gasteiger partial charge in [-0.25, -0.2) is 8.78 Å². The van der Waals surface area contributed by atoms with Crippen molar-refractivity contribution in [1.29, 1.82) is 0 Å². The van der Waals surface area contributed by atoms with Gasteiger partial charge in [-0.3, -0.25) is 0 Å². The van der Waals surface area contributed by atoms with Crippen molar-refractivity contribution in [3.63, 3.8) is 0 Å². The molecule has 0 aliphatic rings. The lowest BCUT2D eigenvalue weighted by Gasteiger charge is -2.19. The maximum absolute atomic E-state index is 13.8. The third kappa shape index (κ3) is 4.51. The van der Waals surface area contributed by atoms with Gasteiger partial charge < -0.3 is 5.32 Å². The van der Waals surface area contributed by atoms with Crippen LogP contribution < -0.4 is 5.32 Å². The zero-order chi connectivity index (χ0) is 15.2. The first kappa shape index (κ1) is 15.9. The molecule has 0 aliphatic heterocycles. The van der Waals surface area contributed by atoms with Gasteiger partial charge in [0.25, 0.3) is 0 Å². The second-order valence-electron chi connectivity index (χ2n) is 4.99. The lowest BCUT2D eigenvalue weighted by atomic mass is 9.98. The Bertz CT molecular complexity index is 601. The molecule has 2 aromatic carbocycles. The second kappa shape index (κ2) is 7.53. The molecule has 0 spiro atoms. The number of likely N-dealkylation sites (N-methyl/N-ethyl adjacent to an activating group) is 1. The van der Waals surface area contributed by atoms with E-state index < -0.39 is 0 Å². The molecule has 1 N–H and O–H groups in total. The highest BCUT2D eigenvalue weighted by atomic mass is 35.5. The van der Waals surface area contributed by atoms with E-state index in [1.165, 1.54) is 18.2 Å². The Morgan fingerprint density at radius 3 is 2.48 bits per heavy atom. The molecule has 0 aromatic heterocycles. The average Bonchev–Trinajstić information content (AvgIpc) is 2.45. The summed E-state index contributed by atoms with van der Waals surface area (Å²) in [6.07, 6.45) is 1.09. The van der Waals surface area contributed by atoms with Crippen LogP contribution >= 0.6 is 11.6 Å². The number of rotatable bonds is 6. The summed E-state index contributed by atoms with van der Waals surface area (Å²) in [7, 11) is 0. The SMILES string of the molecule is CCNC(Cc1ccccc1F)Cc1cc(F)ccc1Cl. The fraction of sp³-hybridized carbons (Fsp3) is 0.294. The fourth-order valence-electron chi connectivity index (χ4n) is 2.40. The van der Waals surface area contributed by atoms with Crippen LogP contribution in [-0.2, 0) is 12.8 Å². The van der Waals surface area contributed by atoms with Gasteiger partial charge in [-0.15, -0.1) is 0 Å². The summed E-state index contributed by atoms with van der Waals surface area (Å²) in [6, 6.07) is 11.0. The molecule has 0 radical (unpaired) electrons. The number of nitrogens with one attached hydrogen (secondary N) is 1. The van der Waals surface area contributed by atoms with Crippen molar-refractivity contribution in [2.75, 3.05) is 6.54 Å². The van der Waals surface area contributed by atoms with Gasteiger partial charge >= 0.3 is 0 Å². The minimum absolute atomic E-state index is 0.00574. The fourth-order valence-corrected chi connectivity index (χ4v) is 2.59. The zero-order valence-corrected chi connectivity index (χ0v) is 12.6. The monoisotopic (exact) mass is 309 g/mol. The van der Waals surface area contributed by atoms with Crippen LogP contribution in [0.4, 0.5) is 8.78 Å². The maximum Gasteiger partial charge on any atom is 0.126 e. The minimum Gasteiger partial charge on any atom is -0.314 e. The molecule has 21 heavy (non-hydrogen) atoms. The Labute approximate surface area is 128 Å². The van der Waals surface area contributed by atoms with Crippen LogP contribution in [-0.4, -0.2) is 12.6 Å². The Kier molecular flexibility index (Phi) is 5.71. The van der Waals surface area contributed by atoms with E-state index in [0.717, 1.165) is 12.1 Å². The molecule has 4 heteroatoms. The van der Waals surface area contributed by atoms with E-state index in [1.807, 2.05) is 13.0 Å². The van der Waals surface area contributed by atoms with Gasteiger partial charge in [0.15, 0.2) is 0 Å². The number of hydrogen-bond donors (Lipinski definition) is 1. The standard InChI is InChI=1S/C17H18ClF2N/c1-2-21-15(10-12-5-3-4-6-17(12)20)11-13-9-14(19)7-8-16(13)18/h3-9,15,21H,2,10-11H2,1H3. The Morgan fingerprint density at radius 2 is 1.76 bits per heavy atom. The van der Waals surface area contributed by atoms with Crippen molar-refractivity contribution < 1.29 is 8.78 Å². The van der Waals surface area contributed by atoms with Crippen LogP contribution in [0.1, 0.15) is 18.1 Å². The van der Waals surface area contributed by atoms with Crippen molar-refractivity contribution in [2.45, 2.75) is 25.8 Å². The van der Waals surface area contributed by atoms with Crippen LogP contribution in [0.2, 0.25) is 5.02 Å². The van der Waals surface area contributed by atoms with E-state index >= 15 is 0 Å². The van der Waals surface area contributed by atoms with E-state index in [1.54, 1.807) is 18.2 Å². The Morgan fingerprint density at radius 1 is 1.05 bits per heavy atom. The molecule has 0 heterocycles. The summed E-state index contributed by atoms with van der Waals surface area (Å²) in [5.41, 5.74) is 1.38. The normalized spacial score (nSPS) is 12.4. The zero-order valence-electron chi connectivity index (χ0n) is 11.9. The molecular weight excluding hydrogens is 292 g/mol. The first-order valence-electron chi connectivity index (χ1n) is 7.01. The summed E-state index contributed by atoms with van der Waals surface area (Å²) >= 11 is 6.11. The van der Waals surface area contributed by atoms with E-state index in [-0.39, 0.29) is 17.7 Å². The van der Waals surface area contributed by atoms with Crippen LogP contribution in [0.5, 0.6) is 0 Å². The number of halogens is 3. The smallest absolute Gasteiger partial charge is 0.126 e. The lowest BCUT2D eigenvalue weighted by molar-refractivity contribution is 0.504. The Balaban J connectivity index is 2.16. The third-order valence-corrected chi connectivity index (χ3v) is 3.76. The lowest BCUT2D eigenvalue weighted by Crippen LogP contribution is -2.33. The van der Waals surface area contributed by atoms with Gasteiger partial charge in [0.1, 0.15) is 11.6 Å². The highest BCUT2D eigenvalue weighted by molar-refractivity contribution is 6.31.